The van der Waals surface area contributed by atoms with Crippen molar-refractivity contribution in [3.63, 3.8) is 0 Å². The van der Waals surface area contributed by atoms with Crippen LogP contribution in [0.1, 0.15) is 16.7 Å². The van der Waals surface area contributed by atoms with Crippen LogP contribution in [-0.4, -0.2) is 25.2 Å². The molecule has 32 heavy (non-hydrogen) atoms. The Balaban J connectivity index is 1.90. The van der Waals surface area contributed by atoms with Crippen LogP contribution in [0.3, 0.4) is 0 Å². The fraction of sp³-hybridized carbons (Fsp3) is 0.174. The molecule has 0 aliphatic rings. The van der Waals surface area contributed by atoms with Gasteiger partial charge in [0.15, 0.2) is 0 Å². The third-order valence-electron chi connectivity index (χ3n) is 4.85. The largest absolute Gasteiger partial charge is 0.324 e. The van der Waals surface area contributed by atoms with Crippen LogP contribution in [0.15, 0.2) is 74.5 Å². The van der Waals surface area contributed by atoms with Gasteiger partial charge in [-0.15, -0.1) is 0 Å². The number of hydrogen-bond donors (Lipinski definition) is 1. The topological polar surface area (TPSA) is 66.5 Å². The number of nitrogens with zero attached hydrogens (tertiary/aromatic N) is 1. The molecule has 0 saturated heterocycles. The Morgan fingerprint density at radius 3 is 2.25 bits per heavy atom. The number of carbonyl (C=O) groups is 1. The number of benzene rings is 3. The molecule has 9 heteroatoms. The van der Waals surface area contributed by atoms with Gasteiger partial charge in [0.25, 0.3) is 0 Å². The van der Waals surface area contributed by atoms with E-state index >= 15 is 0 Å². The van der Waals surface area contributed by atoms with Crippen molar-refractivity contribution in [2.24, 2.45) is 0 Å². The van der Waals surface area contributed by atoms with E-state index in [1.165, 1.54) is 24.3 Å². The van der Waals surface area contributed by atoms with E-state index in [0.717, 1.165) is 29.9 Å². The van der Waals surface area contributed by atoms with Gasteiger partial charge in [-0.2, -0.15) is 4.31 Å². The first-order valence-electron chi connectivity index (χ1n) is 9.64. The first-order valence-corrected chi connectivity index (χ1v) is 13.0. The quantitative estimate of drug-likeness (QED) is 0.346. The van der Waals surface area contributed by atoms with Crippen LogP contribution >= 0.6 is 43.5 Å². The molecule has 0 unspecified atom stereocenters. The second-order valence-electron chi connectivity index (χ2n) is 7.25. The van der Waals surface area contributed by atoms with Gasteiger partial charge >= 0.3 is 0 Å². The van der Waals surface area contributed by atoms with E-state index in [4.69, 9.17) is 11.6 Å². The second kappa shape index (κ2) is 10.5. The molecule has 1 N–H and O–H groups in total. The van der Waals surface area contributed by atoms with Crippen LogP contribution in [0.4, 0.5) is 5.69 Å². The van der Waals surface area contributed by atoms with E-state index in [-0.39, 0.29) is 18.0 Å². The van der Waals surface area contributed by atoms with Gasteiger partial charge in [0.1, 0.15) is 0 Å². The van der Waals surface area contributed by atoms with Crippen molar-refractivity contribution in [3.05, 3.63) is 91.3 Å². The zero-order valence-electron chi connectivity index (χ0n) is 17.4. The number of amides is 1. The lowest BCUT2D eigenvalue weighted by atomic mass is 10.1. The number of rotatable bonds is 7. The Bertz CT molecular complexity index is 1230. The molecule has 0 atom stereocenters. The van der Waals surface area contributed by atoms with E-state index in [0.29, 0.717) is 10.7 Å². The molecular formula is C23H21Br2ClN2O3S. The summed E-state index contributed by atoms with van der Waals surface area (Å²) in [6.07, 6.45) is 0. The van der Waals surface area contributed by atoms with Gasteiger partial charge in [-0.05, 0) is 76.8 Å². The van der Waals surface area contributed by atoms with Crippen molar-refractivity contribution < 1.29 is 13.2 Å². The van der Waals surface area contributed by atoms with Crippen molar-refractivity contribution >= 4 is 65.1 Å². The van der Waals surface area contributed by atoms with Crippen LogP contribution in [0.25, 0.3) is 0 Å². The molecule has 5 nitrogen and oxygen atoms in total. The third-order valence-corrected chi connectivity index (χ3v) is 9.15. The predicted octanol–water partition coefficient (Wildman–Crippen LogP) is 6.31. The molecule has 0 aliphatic heterocycles. The summed E-state index contributed by atoms with van der Waals surface area (Å²) < 4.78 is 29.5. The summed E-state index contributed by atoms with van der Waals surface area (Å²) in [5, 5.41) is 3.27. The zero-order valence-corrected chi connectivity index (χ0v) is 22.1. The van der Waals surface area contributed by atoms with Gasteiger partial charge in [0.05, 0.1) is 17.1 Å². The average molecular weight is 601 g/mol. The first kappa shape index (κ1) is 24.9. The SMILES string of the molecule is Cc1cc(NC(=O)CN(Cc2ccccc2)S(=O)(=O)c2ccc(Cl)cc2)c(Br)c(C)c1Br. The zero-order chi connectivity index (χ0) is 23.5. The molecule has 0 spiro atoms. The second-order valence-corrected chi connectivity index (χ2v) is 11.2. The summed E-state index contributed by atoms with van der Waals surface area (Å²) in [4.78, 5) is 13.0. The summed E-state index contributed by atoms with van der Waals surface area (Å²) >= 11 is 12.9. The fourth-order valence-electron chi connectivity index (χ4n) is 3.15. The lowest BCUT2D eigenvalue weighted by Crippen LogP contribution is -2.37. The Kier molecular flexibility index (Phi) is 8.16. The fourth-order valence-corrected chi connectivity index (χ4v) is 5.65. The number of carbonyl (C=O) groups excluding carboxylic acids is 1. The third kappa shape index (κ3) is 5.80. The van der Waals surface area contributed by atoms with Crippen LogP contribution < -0.4 is 5.32 Å². The molecule has 0 heterocycles. The maximum absolute atomic E-state index is 13.3. The number of sulfonamides is 1. The molecule has 0 radical (unpaired) electrons. The highest BCUT2D eigenvalue weighted by Crippen LogP contribution is 2.34. The van der Waals surface area contributed by atoms with E-state index in [9.17, 15) is 13.2 Å². The van der Waals surface area contributed by atoms with Gasteiger partial charge in [-0.3, -0.25) is 4.79 Å². The van der Waals surface area contributed by atoms with Gasteiger partial charge < -0.3 is 5.32 Å². The Hall–Kier alpha value is -1.71. The Morgan fingerprint density at radius 2 is 1.62 bits per heavy atom. The minimum absolute atomic E-state index is 0.0543. The standard InChI is InChI=1S/C23H21Br2ClN2O3S/c1-15-12-20(23(25)16(2)22(15)24)27-21(29)14-28(13-17-6-4-3-5-7-17)32(30,31)19-10-8-18(26)9-11-19/h3-12H,13-14H2,1-2H3,(H,27,29). The summed E-state index contributed by atoms with van der Waals surface area (Å²) in [5.41, 5.74) is 3.25. The molecule has 0 fully saturated rings. The number of nitrogens with one attached hydrogen (secondary N) is 1. The van der Waals surface area contributed by atoms with E-state index in [1.807, 2.05) is 50.2 Å². The average Bonchev–Trinajstić information content (AvgIpc) is 2.76. The van der Waals surface area contributed by atoms with Crippen molar-refractivity contribution in [2.45, 2.75) is 25.3 Å². The summed E-state index contributed by atoms with van der Waals surface area (Å²) in [5.74, 6) is -0.444. The normalized spacial score (nSPS) is 11.6. The summed E-state index contributed by atoms with van der Waals surface area (Å²) in [7, 11) is -3.94. The van der Waals surface area contributed by atoms with E-state index < -0.39 is 15.9 Å². The van der Waals surface area contributed by atoms with Crippen molar-refractivity contribution in [2.75, 3.05) is 11.9 Å². The lowest BCUT2D eigenvalue weighted by molar-refractivity contribution is -0.116. The minimum atomic E-state index is -3.94. The molecule has 0 saturated carbocycles. The van der Waals surface area contributed by atoms with E-state index in [1.54, 1.807) is 0 Å². The van der Waals surface area contributed by atoms with Crippen LogP contribution in [-0.2, 0) is 21.4 Å². The molecule has 168 valence electrons. The minimum Gasteiger partial charge on any atom is -0.324 e. The monoisotopic (exact) mass is 598 g/mol. The smallest absolute Gasteiger partial charge is 0.243 e. The predicted molar refractivity (Wildman–Crippen MR) is 135 cm³/mol. The van der Waals surface area contributed by atoms with Gasteiger partial charge in [-0.1, -0.05) is 57.9 Å². The summed E-state index contributed by atoms with van der Waals surface area (Å²) in [6.45, 7) is 3.55. The highest BCUT2D eigenvalue weighted by molar-refractivity contribution is 9.11. The molecular weight excluding hydrogens is 580 g/mol. The number of halogens is 3. The van der Waals surface area contributed by atoms with Crippen LogP contribution in [0.2, 0.25) is 5.02 Å². The van der Waals surface area contributed by atoms with Crippen LogP contribution in [0, 0.1) is 13.8 Å². The molecule has 1 amide bonds. The molecule has 3 aromatic carbocycles. The van der Waals surface area contributed by atoms with E-state index in [2.05, 4.69) is 37.2 Å². The Morgan fingerprint density at radius 1 is 1.00 bits per heavy atom. The van der Waals surface area contributed by atoms with Crippen molar-refractivity contribution in [1.29, 1.82) is 0 Å². The molecule has 3 rings (SSSR count). The summed E-state index contributed by atoms with van der Waals surface area (Å²) in [6, 6.07) is 16.9. The highest BCUT2D eigenvalue weighted by Gasteiger charge is 2.27. The van der Waals surface area contributed by atoms with Gasteiger partial charge in [0, 0.05) is 20.5 Å². The maximum atomic E-state index is 13.3. The number of hydrogen-bond acceptors (Lipinski definition) is 3. The molecule has 0 aromatic heterocycles. The van der Waals surface area contributed by atoms with Crippen molar-refractivity contribution in [1.82, 2.24) is 4.31 Å². The number of anilines is 1. The maximum Gasteiger partial charge on any atom is 0.243 e. The van der Waals surface area contributed by atoms with Gasteiger partial charge in [0.2, 0.25) is 15.9 Å². The molecule has 0 aliphatic carbocycles. The highest BCUT2D eigenvalue weighted by atomic mass is 79.9. The van der Waals surface area contributed by atoms with Crippen molar-refractivity contribution in [3.8, 4) is 0 Å². The number of aryl methyl sites for hydroxylation is 1. The Labute approximate surface area is 210 Å². The molecule has 0 bridgehead atoms. The lowest BCUT2D eigenvalue weighted by Gasteiger charge is -2.22. The van der Waals surface area contributed by atoms with Gasteiger partial charge in [-0.25, -0.2) is 8.42 Å². The van der Waals surface area contributed by atoms with Crippen LogP contribution in [0.5, 0.6) is 0 Å². The first-order chi connectivity index (χ1) is 15.1. The molecule has 3 aromatic rings.